The second kappa shape index (κ2) is 8.75. The highest BCUT2D eigenvalue weighted by molar-refractivity contribution is 6.14. The van der Waals surface area contributed by atoms with Gasteiger partial charge in [0.25, 0.3) is 5.69 Å². The Balaban J connectivity index is 1.51. The molecule has 3 aromatic rings. The molecule has 1 aliphatic rings. The summed E-state index contributed by atoms with van der Waals surface area (Å²) < 4.78 is 15.6. The number of benzene rings is 3. The van der Waals surface area contributed by atoms with Crippen LogP contribution in [0.5, 0.6) is 11.5 Å². The minimum absolute atomic E-state index is 0.0117. The van der Waals surface area contributed by atoms with E-state index < -0.39 is 16.9 Å². The van der Waals surface area contributed by atoms with Gasteiger partial charge in [0.1, 0.15) is 11.5 Å². The van der Waals surface area contributed by atoms with Gasteiger partial charge in [-0.05, 0) is 42.0 Å². The fraction of sp³-hybridized carbons (Fsp3) is 0.0417. The normalized spacial score (nSPS) is 13.2. The van der Waals surface area contributed by atoms with E-state index in [0.29, 0.717) is 16.7 Å². The molecule has 3 aromatic carbocycles. The number of nitro benzene ring substituents is 1. The Morgan fingerprint density at radius 1 is 0.970 bits per heavy atom. The third kappa shape index (κ3) is 4.47. The molecule has 1 aliphatic heterocycles. The second-order valence-corrected chi connectivity index (χ2v) is 6.91. The number of methoxy groups -OCH3 is 1. The van der Waals surface area contributed by atoms with Crippen molar-refractivity contribution in [3.8, 4) is 11.5 Å². The molecule has 0 unspecified atom stereocenters. The molecule has 0 saturated carbocycles. The van der Waals surface area contributed by atoms with Gasteiger partial charge >= 0.3 is 11.9 Å². The monoisotopic (exact) mass is 445 g/mol. The summed E-state index contributed by atoms with van der Waals surface area (Å²) in [6, 6.07) is 15.9. The molecule has 33 heavy (non-hydrogen) atoms. The van der Waals surface area contributed by atoms with Crippen LogP contribution in [0.3, 0.4) is 0 Å². The van der Waals surface area contributed by atoms with Gasteiger partial charge in [0, 0.05) is 18.2 Å². The topological polar surface area (TPSA) is 122 Å². The number of nitro groups is 1. The largest absolute Gasteiger partial charge is 0.465 e. The summed E-state index contributed by atoms with van der Waals surface area (Å²) >= 11 is 0. The van der Waals surface area contributed by atoms with Crippen molar-refractivity contribution >= 4 is 29.5 Å². The number of carbonyl (C=O) groups is 3. The van der Waals surface area contributed by atoms with Gasteiger partial charge in [-0.1, -0.05) is 18.2 Å². The lowest BCUT2D eigenvalue weighted by atomic mass is 10.1. The van der Waals surface area contributed by atoms with Crippen LogP contribution in [0.25, 0.3) is 6.08 Å². The van der Waals surface area contributed by atoms with Crippen molar-refractivity contribution in [1.29, 1.82) is 0 Å². The maximum absolute atomic E-state index is 12.6. The van der Waals surface area contributed by atoms with Crippen LogP contribution in [0.4, 0.5) is 5.69 Å². The third-order valence-electron chi connectivity index (χ3n) is 4.77. The number of nitrogens with zero attached hydrogens (tertiary/aromatic N) is 1. The van der Waals surface area contributed by atoms with E-state index >= 15 is 0 Å². The molecule has 1 heterocycles. The Kier molecular flexibility index (Phi) is 5.69. The number of non-ortho nitro benzene ring substituents is 1. The van der Waals surface area contributed by atoms with Gasteiger partial charge in [-0.3, -0.25) is 14.9 Å². The average Bonchev–Trinajstić information content (AvgIpc) is 3.13. The first-order valence-corrected chi connectivity index (χ1v) is 9.59. The summed E-state index contributed by atoms with van der Waals surface area (Å²) in [5.41, 5.74) is 1.08. The highest BCUT2D eigenvalue weighted by Gasteiger charge is 2.28. The van der Waals surface area contributed by atoms with Crippen molar-refractivity contribution in [3.63, 3.8) is 0 Å². The SMILES string of the molecule is COC(=O)c1ccc(/C=C2\Oc3cc(OC(=O)c4cccc([N+](=O)[O-])c4)ccc3C2=O)cc1. The van der Waals surface area contributed by atoms with E-state index in [4.69, 9.17) is 9.47 Å². The summed E-state index contributed by atoms with van der Waals surface area (Å²) in [6.07, 6.45) is 1.53. The van der Waals surface area contributed by atoms with Gasteiger partial charge in [0.15, 0.2) is 5.76 Å². The van der Waals surface area contributed by atoms with Crippen LogP contribution >= 0.6 is 0 Å². The fourth-order valence-corrected chi connectivity index (χ4v) is 3.13. The van der Waals surface area contributed by atoms with E-state index in [-0.39, 0.29) is 34.3 Å². The molecule has 9 nitrogen and oxygen atoms in total. The van der Waals surface area contributed by atoms with E-state index in [2.05, 4.69) is 4.74 Å². The van der Waals surface area contributed by atoms with E-state index in [9.17, 15) is 24.5 Å². The zero-order chi connectivity index (χ0) is 23.5. The van der Waals surface area contributed by atoms with Crippen LogP contribution in [-0.2, 0) is 4.74 Å². The van der Waals surface area contributed by atoms with Gasteiger partial charge in [-0.25, -0.2) is 9.59 Å². The molecule has 0 aliphatic carbocycles. The maximum atomic E-state index is 12.6. The van der Waals surface area contributed by atoms with E-state index in [0.717, 1.165) is 6.07 Å². The zero-order valence-electron chi connectivity index (χ0n) is 17.1. The second-order valence-electron chi connectivity index (χ2n) is 6.91. The molecule has 0 bridgehead atoms. The Morgan fingerprint density at radius 2 is 1.73 bits per heavy atom. The number of ether oxygens (including phenoxy) is 3. The molecular formula is C24H15NO8. The number of esters is 2. The Morgan fingerprint density at radius 3 is 2.42 bits per heavy atom. The molecular weight excluding hydrogens is 430 g/mol. The quantitative estimate of drug-likeness (QED) is 0.188. The molecule has 0 aromatic heterocycles. The summed E-state index contributed by atoms with van der Waals surface area (Å²) in [4.78, 5) is 46.8. The first kappa shape index (κ1) is 21.4. The lowest BCUT2D eigenvalue weighted by Gasteiger charge is -2.05. The number of ketones is 1. The average molecular weight is 445 g/mol. The number of rotatable bonds is 5. The first-order valence-electron chi connectivity index (χ1n) is 9.59. The van der Waals surface area contributed by atoms with E-state index in [1.807, 2.05) is 0 Å². The standard InChI is InChI=1S/C24H15NO8/c1-31-23(27)15-7-5-14(6-8-15)11-21-22(26)19-10-9-18(13-20(19)33-21)32-24(28)16-3-2-4-17(12-16)25(29)30/h2-13H,1H3/b21-11-. The number of allylic oxidation sites excluding steroid dienone is 1. The smallest absolute Gasteiger partial charge is 0.343 e. The number of hydrogen-bond acceptors (Lipinski definition) is 8. The van der Waals surface area contributed by atoms with E-state index in [1.165, 1.54) is 49.6 Å². The van der Waals surface area contributed by atoms with Gasteiger partial charge < -0.3 is 14.2 Å². The number of fused-ring (bicyclic) bond motifs is 1. The van der Waals surface area contributed by atoms with Crippen LogP contribution in [-0.4, -0.2) is 29.8 Å². The summed E-state index contributed by atoms with van der Waals surface area (Å²) in [5.74, 6) is -1.22. The number of carbonyl (C=O) groups excluding carboxylic acids is 3. The van der Waals surface area contributed by atoms with Gasteiger partial charge in [0.05, 0.1) is 28.7 Å². The van der Waals surface area contributed by atoms with Crippen LogP contribution in [0.2, 0.25) is 0 Å². The Labute approximate surface area is 187 Å². The zero-order valence-corrected chi connectivity index (χ0v) is 17.1. The molecule has 0 saturated heterocycles. The van der Waals surface area contributed by atoms with Crippen molar-refractivity contribution in [1.82, 2.24) is 0 Å². The molecule has 0 radical (unpaired) electrons. The molecule has 0 atom stereocenters. The summed E-state index contributed by atoms with van der Waals surface area (Å²) in [6.45, 7) is 0. The van der Waals surface area contributed by atoms with Crippen molar-refractivity contribution in [2.45, 2.75) is 0 Å². The first-order chi connectivity index (χ1) is 15.9. The molecule has 0 spiro atoms. The van der Waals surface area contributed by atoms with Gasteiger partial charge in [-0.15, -0.1) is 0 Å². The number of Topliss-reactive ketones (excluding diaryl/α,β-unsaturated/α-hetero) is 1. The van der Waals surface area contributed by atoms with Crippen molar-refractivity contribution < 1.29 is 33.5 Å². The fourth-order valence-electron chi connectivity index (χ4n) is 3.13. The van der Waals surface area contributed by atoms with Crippen molar-refractivity contribution in [3.05, 3.63) is 105 Å². The van der Waals surface area contributed by atoms with Crippen LogP contribution < -0.4 is 9.47 Å². The lowest BCUT2D eigenvalue weighted by molar-refractivity contribution is -0.384. The van der Waals surface area contributed by atoms with Crippen LogP contribution in [0, 0.1) is 10.1 Å². The minimum atomic E-state index is -0.788. The summed E-state index contributed by atoms with van der Waals surface area (Å²) in [5, 5.41) is 10.9. The van der Waals surface area contributed by atoms with Crippen molar-refractivity contribution in [2.75, 3.05) is 7.11 Å². The van der Waals surface area contributed by atoms with E-state index in [1.54, 1.807) is 24.3 Å². The molecule has 4 rings (SSSR count). The van der Waals surface area contributed by atoms with Crippen molar-refractivity contribution in [2.24, 2.45) is 0 Å². The molecule has 9 heteroatoms. The van der Waals surface area contributed by atoms with Crippen LogP contribution in [0.1, 0.15) is 36.6 Å². The third-order valence-corrected chi connectivity index (χ3v) is 4.77. The molecule has 0 amide bonds. The highest BCUT2D eigenvalue weighted by Crippen LogP contribution is 2.35. The summed E-state index contributed by atoms with van der Waals surface area (Å²) in [7, 11) is 1.29. The maximum Gasteiger partial charge on any atom is 0.343 e. The predicted molar refractivity (Wildman–Crippen MR) is 115 cm³/mol. The molecule has 0 fully saturated rings. The van der Waals surface area contributed by atoms with Gasteiger partial charge in [0.2, 0.25) is 5.78 Å². The van der Waals surface area contributed by atoms with Gasteiger partial charge in [-0.2, -0.15) is 0 Å². The minimum Gasteiger partial charge on any atom is -0.465 e. The highest BCUT2D eigenvalue weighted by atomic mass is 16.6. The predicted octanol–water partition coefficient (Wildman–Crippen LogP) is 4.22. The van der Waals surface area contributed by atoms with Crippen LogP contribution in [0.15, 0.2) is 72.5 Å². The Bertz CT molecular complexity index is 1320. The lowest BCUT2D eigenvalue weighted by Crippen LogP contribution is -2.08. The number of hydrogen-bond donors (Lipinski definition) is 0. The Hall–Kier alpha value is -4.79. The molecule has 0 N–H and O–H groups in total. The molecule has 164 valence electrons.